The maximum atomic E-state index is 14.5. The summed E-state index contributed by atoms with van der Waals surface area (Å²) in [5, 5.41) is 12.9. The molecule has 3 heterocycles. The van der Waals surface area contributed by atoms with Crippen LogP contribution in [-0.2, 0) is 32.7 Å². The van der Waals surface area contributed by atoms with Gasteiger partial charge in [-0.3, -0.25) is 10.6 Å². The number of amides is 3. The molecule has 3 radical (unpaired) electrons. The summed E-state index contributed by atoms with van der Waals surface area (Å²) in [5.74, 6) is 0.312. The van der Waals surface area contributed by atoms with Gasteiger partial charge in [0.25, 0.3) is 0 Å². The van der Waals surface area contributed by atoms with Crippen LogP contribution in [-0.4, -0.2) is 69.4 Å². The third-order valence-electron chi connectivity index (χ3n) is 4.17. The van der Waals surface area contributed by atoms with E-state index < -0.39 is 29.5 Å². The number of rotatable bonds is 4. The normalized spacial score (nSPS) is 17.9. The van der Waals surface area contributed by atoms with Crippen LogP contribution in [0.4, 0.5) is 35.3 Å². The summed E-state index contributed by atoms with van der Waals surface area (Å²) in [7, 11) is 1.43. The number of nitrogens with one attached hydrogen (secondary N) is 2. The molecule has 0 bridgehead atoms. The average Bonchev–Trinajstić information content (AvgIpc) is 3.06. The van der Waals surface area contributed by atoms with Gasteiger partial charge in [0.1, 0.15) is 12.0 Å². The molecule has 0 saturated carbocycles. The molecule has 155 valence electrons. The number of aromatic nitrogens is 3. The molecule has 1 aliphatic heterocycles. The number of hydrogen-bond acceptors (Lipinski definition) is 7. The number of alkyl halides is 1. The van der Waals surface area contributed by atoms with E-state index in [4.69, 9.17) is 5.11 Å². The van der Waals surface area contributed by atoms with Crippen molar-refractivity contribution >= 4 is 40.4 Å². The van der Waals surface area contributed by atoms with E-state index in [-0.39, 0.29) is 108 Å². The zero-order valence-corrected chi connectivity index (χ0v) is 25.4. The SMILES string of the molecule is CN(C(=O)Nc1ncc(F)s1)C1CN(c2nccc(NC(=O)O)n2)CCC1F.[Ra].[Y]. The van der Waals surface area contributed by atoms with Crippen molar-refractivity contribution in [3.05, 3.63) is 23.6 Å². The fourth-order valence-electron chi connectivity index (χ4n) is 2.77. The van der Waals surface area contributed by atoms with E-state index in [1.165, 1.54) is 24.2 Å². The molecule has 2 unspecified atom stereocenters. The Balaban J connectivity index is 0.00000225. The van der Waals surface area contributed by atoms with Gasteiger partial charge in [-0.05, 0) is 12.5 Å². The van der Waals surface area contributed by atoms with Gasteiger partial charge in [0.2, 0.25) is 5.95 Å². The van der Waals surface area contributed by atoms with Gasteiger partial charge in [0, 0.05) is 104 Å². The third-order valence-corrected chi connectivity index (χ3v) is 4.87. The molecule has 2 atom stereocenters. The molecule has 0 aromatic carbocycles. The van der Waals surface area contributed by atoms with Gasteiger partial charge >= 0.3 is 12.1 Å². The van der Waals surface area contributed by atoms with Crippen molar-refractivity contribution in [3.8, 4) is 0 Å². The van der Waals surface area contributed by atoms with Gasteiger partial charge in [-0.1, -0.05) is 11.3 Å². The largest absolute Gasteiger partial charge is 0.465 e. The van der Waals surface area contributed by atoms with Gasteiger partial charge in [-0.25, -0.2) is 23.9 Å². The smallest absolute Gasteiger partial charge is 0.410 e. The number of carbonyl (C=O) groups is 2. The molecule has 2 aromatic heterocycles. The summed E-state index contributed by atoms with van der Waals surface area (Å²) in [4.78, 5) is 37.9. The zero-order chi connectivity index (χ0) is 20.3. The van der Waals surface area contributed by atoms with Crippen LogP contribution in [0.15, 0.2) is 18.5 Å². The van der Waals surface area contributed by atoms with E-state index >= 15 is 0 Å². The molecule has 10 nitrogen and oxygen atoms in total. The maximum absolute atomic E-state index is 14.5. The van der Waals surface area contributed by atoms with Crippen LogP contribution in [0.25, 0.3) is 0 Å². The number of halogens is 2. The molecule has 3 amide bonds. The Kier molecular flexibility index (Phi) is 11.5. The van der Waals surface area contributed by atoms with Crippen LogP contribution in [0.2, 0.25) is 0 Å². The van der Waals surface area contributed by atoms with Gasteiger partial charge in [0.15, 0.2) is 10.3 Å². The minimum atomic E-state index is -1.28. The second-order valence-electron chi connectivity index (χ2n) is 6.00. The number of nitrogens with zero attached hydrogens (tertiary/aromatic N) is 5. The van der Waals surface area contributed by atoms with Crippen LogP contribution in [0.3, 0.4) is 0 Å². The molecule has 1 aliphatic rings. The number of piperidine rings is 1. The van der Waals surface area contributed by atoms with E-state index in [0.717, 1.165) is 6.20 Å². The minimum Gasteiger partial charge on any atom is -0.465 e. The van der Waals surface area contributed by atoms with Gasteiger partial charge < -0.3 is 14.9 Å². The van der Waals surface area contributed by atoms with Crippen LogP contribution >= 0.6 is 11.3 Å². The maximum Gasteiger partial charge on any atom is 0.410 e. The first-order valence-electron chi connectivity index (χ1n) is 8.20. The van der Waals surface area contributed by atoms with Crippen molar-refractivity contribution in [3.63, 3.8) is 0 Å². The number of carbonyl (C=O) groups excluding carboxylic acids is 1. The van der Waals surface area contributed by atoms with Crippen LogP contribution < -0.4 is 15.5 Å². The molecular weight excluding hydrogens is 711 g/mol. The van der Waals surface area contributed by atoms with Crippen LogP contribution in [0.5, 0.6) is 0 Å². The Hall–Kier alpha value is -0.519. The topological polar surface area (TPSA) is 124 Å². The molecule has 3 N–H and O–H groups in total. The predicted octanol–water partition coefficient (Wildman–Crippen LogP) is 2.24. The van der Waals surface area contributed by atoms with Gasteiger partial charge in [-0.2, -0.15) is 9.37 Å². The van der Waals surface area contributed by atoms with Crippen LogP contribution in [0.1, 0.15) is 6.42 Å². The molecule has 3 rings (SSSR count). The third kappa shape index (κ3) is 7.27. The molecule has 1 saturated heterocycles. The summed E-state index contributed by atoms with van der Waals surface area (Å²) < 4.78 is 27.5. The predicted molar refractivity (Wildman–Crippen MR) is 98.0 cm³/mol. The van der Waals surface area contributed by atoms with E-state index in [9.17, 15) is 18.4 Å². The monoisotopic (exact) mass is 728 g/mol. The molecule has 0 spiro atoms. The first kappa shape index (κ1) is 27.5. The Morgan fingerprint density at radius 3 is 2.73 bits per heavy atom. The number of carboxylic acid groups (broad SMARTS) is 1. The van der Waals surface area contributed by atoms with E-state index in [0.29, 0.717) is 17.9 Å². The number of thiazole rings is 1. The second-order valence-corrected chi connectivity index (χ2v) is 6.98. The van der Waals surface area contributed by atoms with Crippen molar-refractivity contribution < 1.29 is 101 Å². The molecule has 2 aromatic rings. The first-order chi connectivity index (χ1) is 13.3. The fraction of sp³-hybridized carbons (Fsp3) is 0.400. The van der Waals surface area contributed by atoms with Gasteiger partial charge in [-0.15, -0.1) is 0 Å². The zero-order valence-electron chi connectivity index (χ0n) is 16.0. The fourth-order valence-corrected chi connectivity index (χ4v) is 3.31. The standard InChI is InChI=1S/C15H17F2N7O3S.Ra.Y/c1-23(14(25)22-13-19-6-10(17)28-13)9-7-24(5-3-8(9)16)12-18-4-2-11(20-12)21-15(26)27;;/h2,4,6,8-9H,3,5,7H2,1H3,(H,26,27)(H,18,20,21)(H,19,22,25);;. The summed E-state index contributed by atoms with van der Waals surface area (Å²) in [6.07, 6.45) is -0.0396. The summed E-state index contributed by atoms with van der Waals surface area (Å²) in [5.41, 5.74) is 0. The van der Waals surface area contributed by atoms with Crippen molar-refractivity contribution in [1.29, 1.82) is 0 Å². The number of urea groups is 1. The molecule has 1 fully saturated rings. The average molecular weight is 728 g/mol. The first-order valence-corrected chi connectivity index (χ1v) is 9.02. The van der Waals surface area contributed by atoms with E-state index in [1.807, 2.05) is 0 Å². The molecular formula is C15H17F2N7O3RaSY. The van der Waals surface area contributed by atoms with Crippen molar-refractivity contribution in [2.75, 3.05) is 35.7 Å². The van der Waals surface area contributed by atoms with Gasteiger partial charge in [0.05, 0.1) is 12.2 Å². The Bertz CT molecular complexity index is 880. The summed E-state index contributed by atoms with van der Waals surface area (Å²) in [6.45, 7) is 0.412. The van der Waals surface area contributed by atoms with Crippen molar-refractivity contribution in [2.45, 2.75) is 18.6 Å². The number of likely N-dealkylation sites (N-methyl/N-ethyl adjacent to an activating group) is 1. The Morgan fingerprint density at radius 1 is 1.37 bits per heavy atom. The molecule has 15 heteroatoms. The number of hydrogen-bond donors (Lipinski definition) is 3. The summed E-state index contributed by atoms with van der Waals surface area (Å²) >= 11 is 0.669. The van der Waals surface area contributed by atoms with E-state index in [2.05, 4.69) is 25.6 Å². The molecule has 0 aliphatic carbocycles. The molecule has 30 heavy (non-hydrogen) atoms. The van der Waals surface area contributed by atoms with Crippen molar-refractivity contribution in [1.82, 2.24) is 19.9 Å². The van der Waals surface area contributed by atoms with E-state index in [1.54, 1.807) is 4.90 Å². The summed E-state index contributed by atoms with van der Waals surface area (Å²) in [6, 6.07) is -0.0340. The second kappa shape index (κ2) is 12.5. The Labute approximate surface area is 236 Å². The van der Waals surface area contributed by atoms with Crippen LogP contribution in [0, 0.1) is 50.1 Å². The quantitative estimate of drug-likeness (QED) is 0.442. The minimum absolute atomic E-state index is 0. The number of anilines is 3. The van der Waals surface area contributed by atoms with Crippen molar-refractivity contribution in [2.24, 2.45) is 0 Å². The Morgan fingerprint density at radius 2 is 2.10 bits per heavy atom.